The first-order valence-corrected chi connectivity index (χ1v) is 34.0. The highest BCUT2D eigenvalue weighted by Crippen LogP contribution is 2.36. The summed E-state index contributed by atoms with van der Waals surface area (Å²) in [6, 6.07) is 126. The normalized spacial score (nSPS) is 10.8. The van der Waals surface area contributed by atoms with Gasteiger partial charge in [-0.3, -0.25) is 0 Å². The average molecular weight is 1450 g/mol. The molecular formula is C88H68Br4. The van der Waals surface area contributed by atoms with E-state index in [1.165, 1.54) is 117 Å². The van der Waals surface area contributed by atoms with Gasteiger partial charge in [-0.2, -0.15) is 0 Å². The zero-order chi connectivity index (χ0) is 63.7. The maximum absolute atomic E-state index is 3.52. The molecule has 0 saturated carbocycles. The van der Waals surface area contributed by atoms with Crippen LogP contribution in [0, 0.1) is 0 Å². The summed E-state index contributed by atoms with van der Waals surface area (Å²) in [6.07, 6.45) is 0. The van der Waals surface area contributed by atoms with E-state index < -0.39 is 0 Å². The highest BCUT2D eigenvalue weighted by Gasteiger charge is 2.14. The molecule has 0 N–H and O–H groups in total. The number of rotatable bonds is 10. The van der Waals surface area contributed by atoms with Crippen molar-refractivity contribution in [2.45, 2.75) is 26.2 Å². The van der Waals surface area contributed by atoms with Crippen molar-refractivity contribution >= 4 is 63.7 Å². The Morgan fingerprint density at radius 2 is 0.326 bits per heavy atom. The molecule has 4 heteroatoms. The molecule has 0 radical (unpaired) electrons. The first-order chi connectivity index (χ1) is 44.9. The number of halogens is 4. The molecule has 14 aromatic carbocycles. The van der Waals surface area contributed by atoms with E-state index >= 15 is 0 Å². The topological polar surface area (TPSA) is 0 Å². The lowest BCUT2D eigenvalue weighted by atomic mass is 9.86. The fourth-order valence-corrected chi connectivity index (χ4v) is 12.0. The van der Waals surface area contributed by atoms with Gasteiger partial charge in [-0.15, -0.1) is 0 Å². The Kier molecular flexibility index (Phi) is 22.0. The van der Waals surface area contributed by atoms with Gasteiger partial charge in [-0.25, -0.2) is 0 Å². The van der Waals surface area contributed by atoms with E-state index in [2.05, 4.69) is 430 Å². The highest BCUT2D eigenvalue weighted by atomic mass is 79.9. The summed E-state index contributed by atoms with van der Waals surface area (Å²) in [4.78, 5) is 0. The summed E-state index contributed by atoms with van der Waals surface area (Å²) in [5, 5.41) is 0. The Bertz CT molecular complexity index is 4510. The number of benzene rings is 14. The van der Waals surface area contributed by atoms with E-state index in [9.17, 15) is 0 Å². The summed E-state index contributed by atoms with van der Waals surface area (Å²) in [7, 11) is 0. The summed E-state index contributed by atoms with van der Waals surface area (Å²) in [6.45, 7) is 6.74. The van der Waals surface area contributed by atoms with E-state index in [0.29, 0.717) is 0 Å². The molecule has 448 valence electrons. The van der Waals surface area contributed by atoms with Gasteiger partial charge in [0.05, 0.1) is 0 Å². The van der Waals surface area contributed by atoms with Crippen molar-refractivity contribution in [3.63, 3.8) is 0 Å². The Morgan fingerprint density at radius 1 is 0.163 bits per heavy atom. The molecule has 0 bridgehead atoms. The number of hydrogen-bond acceptors (Lipinski definition) is 0. The lowest BCUT2D eigenvalue weighted by Crippen LogP contribution is -2.10. The van der Waals surface area contributed by atoms with Crippen LogP contribution in [0.4, 0.5) is 0 Å². The van der Waals surface area contributed by atoms with E-state index in [1.807, 2.05) is 12.1 Å². The van der Waals surface area contributed by atoms with Crippen molar-refractivity contribution in [2.75, 3.05) is 0 Å². The second-order valence-electron chi connectivity index (χ2n) is 23.4. The molecule has 14 aromatic rings. The molecule has 0 saturated heterocycles. The summed E-state index contributed by atoms with van der Waals surface area (Å²) in [5.74, 6) is 0. The van der Waals surface area contributed by atoms with Crippen LogP contribution in [0.15, 0.2) is 376 Å². The minimum atomic E-state index is 0.198. The van der Waals surface area contributed by atoms with E-state index in [0.717, 1.165) is 17.9 Å². The molecule has 14 rings (SSSR count). The molecule has 0 unspecified atom stereocenters. The molecule has 0 aliphatic rings. The maximum atomic E-state index is 3.52. The molecule has 0 atom stereocenters. The third kappa shape index (κ3) is 17.5. The maximum Gasteiger partial charge on any atom is 0.0175 e. The van der Waals surface area contributed by atoms with Crippen molar-refractivity contribution in [1.82, 2.24) is 0 Å². The average Bonchev–Trinajstić information content (AvgIpc) is 1.94. The van der Waals surface area contributed by atoms with Gasteiger partial charge in [0.1, 0.15) is 0 Å². The molecule has 0 aromatic heterocycles. The van der Waals surface area contributed by atoms with E-state index in [-0.39, 0.29) is 5.41 Å². The minimum absolute atomic E-state index is 0.198. The Balaban J connectivity index is 0.000000126. The van der Waals surface area contributed by atoms with Crippen LogP contribution >= 0.6 is 63.7 Å². The third-order valence-corrected chi connectivity index (χ3v) is 18.1. The fraction of sp³-hybridized carbons (Fsp3) is 0.0455. The van der Waals surface area contributed by atoms with Gasteiger partial charge < -0.3 is 0 Å². The smallest absolute Gasteiger partial charge is 0.0175 e. The van der Waals surface area contributed by atoms with E-state index in [4.69, 9.17) is 0 Å². The Morgan fingerprint density at radius 3 is 0.576 bits per heavy atom. The molecule has 0 fully saturated rings. The lowest BCUT2D eigenvalue weighted by Gasteiger charge is -2.19. The van der Waals surface area contributed by atoms with Crippen LogP contribution < -0.4 is 0 Å². The largest absolute Gasteiger partial charge is 0.0622 e. The lowest BCUT2D eigenvalue weighted by molar-refractivity contribution is 0.590. The van der Waals surface area contributed by atoms with Crippen LogP contribution in [0.1, 0.15) is 26.3 Å². The van der Waals surface area contributed by atoms with Gasteiger partial charge in [-0.1, -0.05) is 376 Å². The van der Waals surface area contributed by atoms with Gasteiger partial charge in [-0.05, 0) is 189 Å². The Labute approximate surface area is 577 Å². The van der Waals surface area contributed by atoms with Gasteiger partial charge in [0.25, 0.3) is 0 Å². The van der Waals surface area contributed by atoms with Crippen LogP contribution in [0.25, 0.3) is 111 Å². The van der Waals surface area contributed by atoms with Crippen molar-refractivity contribution in [1.29, 1.82) is 0 Å². The predicted molar refractivity (Wildman–Crippen MR) is 410 cm³/mol. The third-order valence-electron chi connectivity index (χ3n) is 16.0. The molecule has 92 heavy (non-hydrogen) atoms. The highest BCUT2D eigenvalue weighted by molar-refractivity contribution is 9.11. The first kappa shape index (κ1) is 64.5. The van der Waals surface area contributed by atoms with Gasteiger partial charge >= 0.3 is 0 Å². The van der Waals surface area contributed by atoms with Crippen molar-refractivity contribution < 1.29 is 0 Å². The van der Waals surface area contributed by atoms with Gasteiger partial charge in [0, 0.05) is 17.9 Å². The molecule has 0 nitrogen and oxygen atoms in total. The monoisotopic (exact) mass is 1440 g/mol. The minimum Gasteiger partial charge on any atom is -0.0622 e. The molecule has 0 aliphatic carbocycles. The second kappa shape index (κ2) is 31.4. The van der Waals surface area contributed by atoms with Crippen molar-refractivity contribution in [2.24, 2.45) is 0 Å². The summed E-state index contributed by atoms with van der Waals surface area (Å²) < 4.78 is 4.41. The summed E-state index contributed by atoms with van der Waals surface area (Å²) in [5.41, 5.74) is 26.4. The van der Waals surface area contributed by atoms with Crippen molar-refractivity contribution in [3.05, 3.63) is 381 Å². The van der Waals surface area contributed by atoms with Crippen LogP contribution in [0.2, 0.25) is 0 Å². The molecular weight excluding hydrogens is 1380 g/mol. The molecule has 0 amide bonds. The number of hydrogen-bond donors (Lipinski definition) is 0. The molecule has 0 heterocycles. The second-order valence-corrected chi connectivity index (χ2v) is 27.1. The molecule has 0 aliphatic heterocycles. The van der Waals surface area contributed by atoms with Crippen LogP contribution in [-0.4, -0.2) is 0 Å². The van der Waals surface area contributed by atoms with Crippen molar-refractivity contribution in [3.8, 4) is 111 Å². The zero-order valence-electron chi connectivity index (χ0n) is 51.6. The predicted octanol–water partition coefficient (Wildman–Crippen LogP) is 27.8. The van der Waals surface area contributed by atoms with Gasteiger partial charge in [0.15, 0.2) is 0 Å². The summed E-state index contributed by atoms with van der Waals surface area (Å²) >= 11 is 14.0. The van der Waals surface area contributed by atoms with Gasteiger partial charge in [0.2, 0.25) is 0 Å². The van der Waals surface area contributed by atoms with E-state index in [1.54, 1.807) is 0 Å². The standard InChI is InChI=1S/2C24H17Br.C22H21Br.C18H13Br/c25-24-13-11-20(12-14-24)23-16-21(18-7-3-1-4-8-18)15-22(17-23)19-9-5-2-6-10-19;25-24-16-14-23(15-17-24)22-12-10-21(11-13-22)20-8-6-19(7-9-20)18-4-2-1-3-5-18;1-22(2,3)20-12-8-18(9-13-20)16-4-6-17(7-5-16)19-10-14-21(23)15-11-19;19-16-12-10-15(11-13-16)18-9-5-4-8-17(18)14-6-2-1-3-7-14/h2*1-17H;4-15H,1-3H3;1-13H. The Hall–Kier alpha value is -9.00. The zero-order valence-corrected chi connectivity index (χ0v) is 57.9. The quantitative estimate of drug-likeness (QED) is 0.128. The SMILES string of the molecule is Brc1ccc(-c2cc(-c3ccccc3)cc(-c3ccccc3)c2)cc1.Brc1ccc(-c2ccc(-c3ccc(-c4ccccc4)cc3)cc2)cc1.Brc1ccc(-c2ccccc2-c2ccccc2)cc1.CC(C)(C)c1ccc(-c2ccc(-c3ccc(Br)cc3)cc2)cc1. The first-order valence-electron chi connectivity index (χ1n) is 30.8. The van der Waals surface area contributed by atoms with Crippen LogP contribution in [0.5, 0.6) is 0 Å². The fourth-order valence-electron chi connectivity index (χ4n) is 10.9. The van der Waals surface area contributed by atoms with Crippen LogP contribution in [0.3, 0.4) is 0 Å². The van der Waals surface area contributed by atoms with Crippen LogP contribution in [-0.2, 0) is 5.41 Å². The molecule has 0 spiro atoms.